The molecule has 2 heterocycles. The van der Waals surface area contributed by atoms with E-state index in [1.54, 1.807) is 0 Å². The molecule has 0 aliphatic carbocycles. The van der Waals surface area contributed by atoms with Crippen molar-refractivity contribution < 1.29 is 4.42 Å². The van der Waals surface area contributed by atoms with Gasteiger partial charge in [-0.15, -0.1) is 0 Å². The lowest BCUT2D eigenvalue weighted by Gasteiger charge is -2.09. The van der Waals surface area contributed by atoms with Crippen LogP contribution in [0.2, 0.25) is 0 Å². The van der Waals surface area contributed by atoms with Gasteiger partial charge >= 0.3 is 0 Å². The number of halogens is 2. The minimum atomic E-state index is 0.609. The Morgan fingerprint density at radius 2 is 1.09 bits per heavy atom. The molecule has 0 saturated heterocycles. The fourth-order valence-corrected chi connectivity index (χ4v) is 5.19. The minimum Gasteiger partial charge on any atom is -0.456 e. The van der Waals surface area contributed by atoms with E-state index in [0.29, 0.717) is 17.5 Å². The Bertz CT molecular complexity index is 1620. The van der Waals surface area contributed by atoms with E-state index in [2.05, 4.69) is 44.0 Å². The van der Waals surface area contributed by atoms with Gasteiger partial charge in [-0.05, 0) is 42.5 Å². The number of furan rings is 1. The van der Waals surface area contributed by atoms with Crippen molar-refractivity contribution in [1.82, 2.24) is 15.0 Å². The molecule has 4 nitrogen and oxygen atoms in total. The molecule has 0 atom stereocenters. The van der Waals surface area contributed by atoms with E-state index in [9.17, 15) is 0 Å². The van der Waals surface area contributed by atoms with Crippen LogP contribution in [-0.4, -0.2) is 15.0 Å². The maximum absolute atomic E-state index is 5.99. The third kappa shape index (κ3) is 3.86. The summed E-state index contributed by atoms with van der Waals surface area (Å²) in [4.78, 5) is 14.5. The summed E-state index contributed by atoms with van der Waals surface area (Å²) in [7, 11) is 0. The van der Waals surface area contributed by atoms with Gasteiger partial charge in [-0.1, -0.05) is 80.4 Å². The van der Waals surface area contributed by atoms with Gasteiger partial charge < -0.3 is 4.42 Å². The van der Waals surface area contributed by atoms with Crippen molar-refractivity contribution in [3.63, 3.8) is 0 Å². The molecule has 0 amide bonds. The minimum absolute atomic E-state index is 0.609. The van der Waals surface area contributed by atoms with Crippen molar-refractivity contribution in [2.45, 2.75) is 0 Å². The molecule has 2 aromatic heterocycles. The first-order valence-corrected chi connectivity index (χ1v) is 11.9. The summed E-state index contributed by atoms with van der Waals surface area (Å²) in [6.45, 7) is 0. The van der Waals surface area contributed by atoms with E-state index in [4.69, 9.17) is 19.4 Å². The maximum atomic E-state index is 5.99. The summed E-state index contributed by atoms with van der Waals surface area (Å²) in [6, 6.07) is 30.1. The SMILES string of the molecule is Brc1cc(Br)cc(-c2nc(-c3ccccc3)nc(-c3ccc4oc5ccccc5c4c3)n2)c1. The van der Waals surface area contributed by atoms with Crippen molar-refractivity contribution in [2.75, 3.05) is 0 Å². The van der Waals surface area contributed by atoms with Crippen LogP contribution < -0.4 is 0 Å². The van der Waals surface area contributed by atoms with E-state index in [1.165, 1.54) is 0 Å². The van der Waals surface area contributed by atoms with E-state index < -0.39 is 0 Å². The van der Waals surface area contributed by atoms with E-state index >= 15 is 0 Å². The highest BCUT2D eigenvalue weighted by Gasteiger charge is 2.15. The van der Waals surface area contributed by atoms with Gasteiger partial charge in [0.1, 0.15) is 11.2 Å². The van der Waals surface area contributed by atoms with Gasteiger partial charge in [-0.2, -0.15) is 0 Å². The predicted molar refractivity (Wildman–Crippen MR) is 139 cm³/mol. The number of benzene rings is 4. The Labute approximate surface area is 206 Å². The first-order chi connectivity index (χ1) is 16.1. The first kappa shape index (κ1) is 20.3. The van der Waals surface area contributed by atoms with Crippen LogP contribution in [0.25, 0.3) is 56.1 Å². The first-order valence-electron chi connectivity index (χ1n) is 10.3. The fraction of sp³-hybridized carbons (Fsp3) is 0. The molecule has 0 spiro atoms. The Kier molecular flexibility index (Phi) is 5.04. The standard InChI is InChI=1S/C27H15Br2N3O/c28-19-12-18(13-20(29)15-19)27-31-25(16-6-2-1-3-7-16)30-26(32-27)17-10-11-24-22(14-17)21-8-4-5-9-23(21)33-24/h1-15H. The van der Waals surface area contributed by atoms with Crippen molar-refractivity contribution >= 4 is 53.8 Å². The molecule has 6 aromatic rings. The summed E-state index contributed by atoms with van der Waals surface area (Å²) in [5.41, 5.74) is 4.44. The molecule has 6 rings (SSSR count). The molecule has 0 fully saturated rings. The second-order valence-electron chi connectivity index (χ2n) is 7.64. The summed E-state index contributed by atoms with van der Waals surface area (Å²) < 4.78 is 7.88. The molecule has 33 heavy (non-hydrogen) atoms. The van der Waals surface area contributed by atoms with Crippen LogP contribution in [0.4, 0.5) is 0 Å². The number of aromatic nitrogens is 3. The van der Waals surface area contributed by atoms with Crippen LogP contribution >= 0.6 is 31.9 Å². The van der Waals surface area contributed by atoms with E-state index in [-0.39, 0.29) is 0 Å². The molecule has 0 radical (unpaired) electrons. The largest absolute Gasteiger partial charge is 0.456 e. The van der Waals surface area contributed by atoms with Gasteiger partial charge in [0.05, 0.1) is 0 Å². The molecular weight excluding hydrogens is 542 g/mol. The number of nitrogens with zero attached hydrogens (tertiary/aromatic N) is 3. The van der Waals surface area contributed by atoms with Gasteiger partial charge in [0.25, 0.3) is 0 Å². The molecule has 0 N–H and O–H groups in total. The number of fused-ring (bicyclic) bond motifs is 3. The van der Waals surface area contributed by atoms with E-state index in [0.717, 1.165) is 47.6 Å². The highest BCUT2D eigenvalue weighted by molar-refractivity contribution is 9.11. The number of hydrogen-bond donors (Lipinski definition) is 0. The molecule has 4 aromatic carbocycles. The molecule has 0 aliphatic heterocycles. The zero-order valence-electron chi connectivity index (χ0n) is 17.2. The third-order valence-corrected chi connectivity index (χ3v) is 6.34. The van der Waals surface area contributed by atoms with Gasteiger partial charge in [0.2, 0.25) is 0 Å². The van der Waals surface area contributed by atoms with Crippen molar-refractivity contribution in [3.05, 3.63) is 99.9 Å². The lowest BCUT2D eigenvalue weighted by atomic mass is 10.1. The summed E-state index contributed by atoms with van der Waals surface area (Å²) in [6.07, 6.45) is 0. The lowest BCUT2D eigenvalue weighted by Crippen LogP contribution is -2.00. The lowest BCUT2D eigenvalue weighted by molar-refractivity contribution is 0.669. The van der Waals surface area contributed by atoms with Gasteiger partial charge in [0.15, 0.2) is 17.5 Å². The molecule has 0 saturated carbocycles. The zero-order chi connectivity index (χ0) is 22.4. The van der Waals surface area contributed by atoms with Gasteiger partial charge in [-0.3, -0.25) is 0 Å². The monoisotopic (exact) mass is 555 g/mol. The second-order valence-corrected chi connectivity index (χ2v) is 9.47. The summed E-state index contributed by atoms with van der Waals surface area (Å²) >= 11 is 7.14. The van der Waals surface area contributed by atoms with Crippen LogP contribution in [-0.2, 0) is 0 Å². The van der Waals surface area contributed by atoms with Gasteiger partial charge in [-0.25, -0.2) is 15.0 Å². The smallest absolute Gasteiger partial charge is 0.164 e. The van der Waals surface area contributed by atoms with Crippen LogP contribution in [0.1, 0.15) is 0 Å². The molecule has 0 aliphatic rings. The van der Waals surface area contributed by atoms with Crippen LogP contribution in [0.3, 0.4) is 0 Å². The average molecular weight is 557 g/mol. The van der Waals surface area contributed by atoms with Crippen molar-refractivity contribution in [3.8, 4) is 34.2 Å². The third-order valence-electron chi connectivity index (χ3n) is 5.42. The highest BCUT2D eigenvalue weighted by atomic mass is 79.9. The zero-order valence-corrected chi connectivity index (χ0v) is 20.3. The van der Waals surface area contributed by atoms with Crippen LogP contribution in [0.15, 0.2) is 104 Å². The Balaban J connectivity index is 1.58. The summed E-state index contributed by atoms with van der Waals surface area (Å²) in [5, 5.41) is 2.11. The molecular formula is C27H15Br2N3O. The molecule has 6 heteroatoms. The normalized spacial score (nSPS) is 11.3. The maximum Gasteiger partial charge on any atom is 0.164 e. The number of rotatable bonds is 3. The molecule has 158 valence electrons. The number of para-hydroxylation sites is 1. The summed E-state index contributed by atoms with van der Waals surface area (Å²) in [5.74, 6) is 1.85. The van der Waals surface area contributed by atoms with E-state index in [1.807, 2.05) is 78.9 Å². The Morgan fingerprint density at radius 1 is 0.485 bits per heavy atom. The predicted octanol–water partition coefficient (Wildman–Crippen LogP) is 8.30. The Morgan fingerprint density at radius 3 is 1.85 bits per heavy atom. The fourth-order valence-electron chi connectivity index (χ4n) is 3.90. The van der Waals surface area contributed by atoms with Crippen molar-refractivity contribution in [1.29, 1.82) is 0 Å². The second kappa shape index (κ2) is 8.21. The van der Waals surface area contributed by atoms with Crippen LogP contribution in [0.5, 0.6) is 0 Å². The molecule has 0 unspecified atom stereocenters. The van der Waals surface area contributed by atoms with Gasteiger partial charge in [0, 0.05) is 36.4 Å². The average Bonchev–Trinajstić information content (AvgIpc) is 3.22. The number of hydrogen-bond acceptors (Lipinski definition) is 4. The van der Waals surface area contributed by atoms with Crippen LogP contribution in [0, 0.1) is 0 Å². The molecule has 0 bridgehead atoms. The quantitative estimate of drug-likeness (QED) is 0.220. The topological polar surface area (TPSA) is 51.8 Å². The van der Waals surface area contributed by atoms with Crippen molar-refractivity contribution in [2.24, 2.45) is 0 Å². The Hall–Kier alpha value is -3.35. The highest BCUT2D eigenvalue weighted by Crippen LogP contribution is 2.33.